The fraction of sp³-hybridized carbons (Fsp3) is 0.562. The molecule has 0 saturated heterocycles. The van der Waals surface area contributed by atoms with Crippen LogP contribution in [0.25, 0.3) is 0 Å². The van der Waals surface area contributed by atoms with Crippen LogP contribution >= 0.6 is 0 Å². The summed E-state index contributed by atoms with van der Waals surface area (Å²) in [6.45, 7) is 4.47. The highest BCUT2D eigenvalue weighted by Crippen LogP contribution is 2.30. The molecule has 3 nitrogen and oxygen atoms in total. The molecule has 20 heavy (non-hydrogen) atoms. The summed E-state index contributed by atoms with van der Waals surface area (Å²) in [6.07, 6.45) is 1.01. The van der Waals surface area contributed by atoms with Crippen molar-refractivity contribution in [2.75, 3.05) is 6.61 Å². The van der Waals surface area contributed by atoms with Gasteiger partial charge in [0.1, 0.15) is 5.71 Å². The average molecular weight is 279 g/mol. The van der Waals surface area contributed by atoms with Gasteiger partial charge < -0.3 is 9.57 Å². The topological polar surface area (TPSA) is 30.8 Å². The molecule has 2 rings (SSSR count). The third-order valence-corrected chi connectivity index (χ3v) is 3.53. The van der Waals surface area contributed by atoms with Crippen molar-refractivity contribution in [2.45, 2.75) is 45.6 Å². The van der Waals surface area contributed by atoms with Gasteiger partial charge in [-0.3, -0.25) is 0 Å². The van der Waals surface area contributed by atoms with Gasteiger partial charge in [0.2, 0.25) is 6.29 Å². The van der Waals surface area contributed by atoms with Gasteiger partial charge in [0.15, 0.2) is 6.17 Å². The third kappa shape index (κ3) is 3.37. The summed E-state index contributed by atoms with van der Waals surface area (Å²) in [7, 11) is 0. The first-order valence-corrected chi connectivity index (χ1v) is 7.32. The fourth-order valence-electron chi connectivity index (χ4n) is 2.44. The van der Waals surface area contributed by atoms with Gasteiger partial charge >= 0.3 is 0 Å². The van der Waals surface area contributed by atoms with E-state index in [-0.39, 0.29) is 5.92 Å². The molecule has 0 aromatic heterocycles. The van der Waals surface area contributed by atoms with Gasteiger partial charge in [-0.25, -0.2) is 4.39 Å². The first kappa shape index (κ1) is 15.0. The van der Waals surface area contributed by atoms with Crippen molar-refractivity contribution in [1.29, 1.82) is 0 Å². The molecule has 0 unspecified atom stereocenters. The third-order valence-electron chi connectivity index (χ3n) is 3.53. The Labute approximate surface area is 119 Å². The van der Waals surface area contributed by atoms with Crippen LogP contribution in [0.1, 0.15) is 38.7 Å². The summed E-state index contributed by atoms with van der Waals surface area (Å²) in [6, 6.07) is 9.36. The zero-order chi connectivity index (χ0) is 14.4. The Bertz CT molecular complexity index is 435. The summed E-state index contributed by atoms with van der Waals surface area (Å²) in [5, 5.41) is 3.96. The van der Waals surface area contributed by atoms with E-state index in [9.17, 15) is 4.39 Å². The molecule has 0 bridgehead atoms. The van der Waals surface area contributed by atoms with Crippen molar-refractivity contribution < 1.29 is 14.0 Å². The molecule has 1 heterocycles. The van der Waals surface area contributed by atoms with Crippen molar-refractivity contribution in [3.05, 3.63) is 35.9 Å². The Balaban J connectivity index is 2.19. The lowest BCUT2D eigenvalue weighted by Gasteiger charge is -2.32. The number of ether oxygens (including phenoxy) is 1. The average Bonchev–Trinajstić information content (AvgIpc) is 2.48. The van der Waals surface area contributed by atoms with Crippen LogP contribution in [0.15, 0.2) is 35.5 Å². The van der Waals surface area contributed by atoms with Crippen LogP contribution in [0.4, 0.5) is 4.39 Å². The summed E-state index contributed by atoms with van der Waals surface area (Å²) in [5.74, 6) is -0.289. The van der Waals surface area contributed by atoms with E-state index in [4.69, 9.17) is 9.57 Å². The quantitative estimate of drug-likeness (QED) is 0.790. The molecule has 4 heteroatoms. The van der Waals surface area contributed by atoms with Gasteiger partial charge in [-0.1, -0.05) is 55.3 Å². The SMILES string of the molecule is CCCC[C@H]1[C@H](OCC)ON=C(c2ccccc2)[C@@H]1F. The minimum Gasteiger partial charge on any atom is -0.363 e. The molecule has 1 aromatic rings. The van der Waals surface area contributed by atoms with Crippen LogP contribution in [-0.4, -0.2) is 24.8 Å². The molecule has 1 aliphatic rings. The Morgan fingerprint density at radius 1 is 1.25 bits per heavy atom. The van der Waals surface area contributed by atoms with Crippen molar-refractivity contribution >= 4 is 5.71 Å². The number of alkyl halides is 1. The number of hydrogen-bond donors (Lipinski definition) is 0. The van der Waals surface area contributed by atoms with E-state index in [1.807, 2.05) is 37.3 Å². The van der Waals surface area contributed by atoms with E-state index in [0.29, 0.717) is 12.3 Å². The second-order valence-corrected chi connectivity index (χ2v) is 4.98. The molecule has 110 valence electrons. The molecule has 1 aromatic carbocycles. The zero-order valence-electron chi connectivity index (χ0n) is 12.1. The minimum absolute atomic E-state index is 0.289. The van der Waals surface area contributed by atoms with E-state index in [2.05, 4.69) is 12.1 Å². The highest BCUT2D eigenvalue weighted by Gasteiger charge is 2.39. The first-order chi connectivity index (χ1) is 9.77. The van der Waals surface area contributed by atoms with Crippen molar-refractivity contribution in [1.82, 2.24) is 0 Å². The van der Waals surface area contributed by atoms with Gasteiger partial charge in [-0.15, -0.1) is 0 Å². The summed E-state index contributed by atoms with van der Waals surface area (Å²) < 4.78 is 20.3. The van der Waals surface area contributed by atoms with Gasteiger partial charge in [-0.2, -0.15) is 0 Å². The van der Waals surface area contributed by atoms with Crippen molar-refractivity contribution in [2.24, 2.45) is 11.1 Å². The van der Waals surface area contributed by atoms with Crippen LogP contribution in [0.3, 0.4) is 0 Å². The molecule has 0 amide bonds. The van der Waals surface area contributed by atoms with E-state index < -0.39 is 12.5 Å². The molecule has 0 saturated carbocycles. The number of unbranched alkanes of at least 4 members (excludes halogenated alkanes) is 1. The number of rotatable bonds is 6. The largest absolute Gasteiger partial charge is 0.363 e. The maximum Gasteiger partial charge on any atom is 0.232 e. The van der Waals surface area contributed by atoms with Gasteiger partial charge in [-0.05, 0) is 13.3 Å². The van der Waals surface area contributed by atoms with Crippen LogP contribution in [-0.2, 0) is 9.57 Å². The van der Waals surface area contributed by atoms with Crippen molar-refractivity contribution in [3.8, 4) is 0 Å². The Hall–Kier alpha value is -1.42. The van der Waals surface area contributed by atoms with Gasteiger partial charge in [0, 0.05) is 12.2 Å². The molecule has 0 spiro atoms. The number of nitrogens with zero attached hydrogens (tertiary/aromatic N) is 1. The van der Waals surface area contributed by atoms with E-state index in [1.54, 1.807) is 0 Å². The summed E-state index contributed by atoms with van der Waals surface area (Å²) in [5.41, 5.74) is 1.15. The molecular formula is C16H22FNO2. The molecule has 0 N–H and O–H groups in total. The lowest BCUT2D eigenvalue weighted by atomic mass is 9.90. The van der Waals surface area contributed by atoms with Crippen molar-refractivity contribution in [3.63, 3.8) is 0 Å². The van der Waals surface area contributed by atoms with Crippen LogP contribution < -0.4 is 0 Å². The Morgan fingerprint density at radius 3 is 2.65 bits per heavy atom. The second-order valence-electron chi connectivity index (χ2n) is 4.98. The smallest absolute Gasteiger partial charge is 0.232 e. The summed E-state index contributed by atoms with van der Waals surface area (Å²) in [4.78, 5) is 5.39. The molecule has 0 fully saturated rings. The second kappa shape index (κ2) is 7.39. The minimum atomic E-state index is -1.14. The summed E-state index contributed by atoms with van der Waals surface area (Å²) >= 11 is 0. The number of oxime groups is 1. The molecule has 0 radical (unpaired) electrons. The number of hydrogen-bond acceptors (Lipinski definition) is 3. The number of halogens is 1. The van der Waals surface area contributed by atoms with E-state index >= 15 is 0 Å². The highest BCUT2D eigenvalue weighted by atomic mass is 19.1. The zero-order valence-corrected chi connectivity index (χ0v) is 12.1. The van der Waals surface area contributed by atoms with Gasteiger partial charge in [0.25, 0.3) is 0 Å². The maximum absolute atomic E-state index is 14.8. The monoisotopic (exact) mass is 279 g/mol. The predicted molar refractivity (Wildman–Crippen MR) is 77.4 cm³/mol. The van der Waals surface area contributed by atoms with Crippen LogP contribution in [0, 0.1) is 5.92 Å². The molecule has 1 aliphatic heterocycles. The lowest BCUT2D eigenvalue weighted by molar-refractivity contribution is -0.187. The fourth-order valence-corrected chi connectivity index (χ4v) is 2.44. The first-order valence-electron chi connectivity index (χ1n) is 7.32. The standard InChI is InChI=1S/C16H22FNO2/c1-3-5-11-13-14(17)15(12-9-7-6-8-10-12)18-20-16(13)19-4-2/h6-10,13-14,16H,3-5,11H2,1-2H3/t13-,14-,16-/m1/s1. The number of benzene rings is 1. The van der Waals surface area contributed by atoms with Gasteiger partial charge in [0.05, 0.1) is 5.92 Å². The van der Waals surface area contributed by atoms with E-state index in [1.165, 1.54) is 0 Å². The lowest BCUT2D eigenvalue weighted by Crippen LogP contribution is -2.41. The maximum atomic E-state index is 14.8. The molecular weight excluding hydrogens is 257 g/mol. The highest BCUT2D eigenvalue weighted by molar-refractivity contribution is 6.03. The Morgan fingerprint density at radius 2 is 2.00 bits per heavy atom. The Kier molecular flexibility index (Phi) is 5.53. The van der Waals surface area contributed by atoms with Crippen LogP contribution in [0.2, 0.25) is 0 Å². The van der Waals surface area contributed by atoms with E-state index in [0.717, 1.165) is 24.8 Å². The molecule has 0 aliphatic carbocycles. The normalized spacial score (nSPS) is 25.9. The molecule has 3 atom stereocenters. The predicted octanol–water partition coefficient (Wildman–Crippen LogP) is 3.93. The van der Waals surface area contributed by atoms with Crippen LogP contribution in [0.5, 0.6) is 0 Å².